The maximum Gasteiger partial charge on any atom is 0.160 e. The molecule has 1 fully saturated rings. The predicted octanol–water partition coefficient (Wildman–Crippen LogP) is 3.21. The molecule has 0 aliphatic heterocycles. The summed E-state index contributed by atoms with van der Waals surface area (Å²) in [6, 6.07) is 5.12. The van der Waals surface area contributed by atoms with Crippen LogP contribution in [0.5, 0.6) is 0 Å². The van der Waals surface area contributed by atoms with E-state index in [4.69, 9.17) is 11.6 Å². The van der Waals surface area contributed by atoms with Gasteiger partial charge in [0, 0.05) is 24.8 Å². The van der Waals surface area contributed by atoms with E-state index >= 15 is 0 Å². The van der Waals surface area contributed by atoms with Crippen LogP contribution in [-0.4, -0.2) is 38.6 Å². The lowest BCUT2D eigenvalue weighted by atomic mass is 10.2. The second-order valence-corrected chi connectivity index (χ2v) is 6.44. The van der Waals surface area contributed by atoms with Crippen LogP contribution >= 0.6 is 11.6 Å². The Balaban J connectivity index is 1.93. The van der Waals surface area contributed by atoms with E-state index in [-0.39, 0.29) is 5.38 Å². The Morgan fingerprint density at radius 1 is 1.45 bits per heavy atom. The van der Waals surface area contributed by atoms with Crippen molar-refractivity contribution in [2.75, 3.05) is 7.05 Å². The zero-order chi connectivity index (χ0) is 14.3. The summed E-state index contributed by atoms with van der Waals surface area (Å²) in [5.74, 6) is 0.913. The Bertz CT molecular complexity index is 603. The van der Waals surface area contributed by atoms with Crippen molar-refractivity contribution in [3.05, 3.63) is 24.2 Å². The maximum atomic E-state index is 6.29. The van der Waals surface area contributed by atoms with Gasteiger partial charge >= 0.3 is 0 Å². The summed E-state index contributed by atoms with van der Waals surface area (Å²) in [5, 5.41) is -0.109. The highest BCUT2D eigenvalue weighted by molar-refractivity contribution is 6.20. The molecule has 20 heavy (non-hydrogen) atoms. The first-order valence-corrected chi connectivity index (χ1v) is 7.68. The molecule has 0 spiro atoms. The van der Waals surface area contributed by atoms with Crippen LogP contribution in [0.4, 0.5) is 0 Å². The lowest BCUT2D eigenvalue weighted by Gasteiger charge is -2.25. The molecule has 1 saturated carbocycles. The van der Waals surface area contributed by atoms with Crippen molar-refractivity contribution in [3.8, 4) is 0 Å². The average Bonchev–Trinajstić information content (AvgIpc) is 3.21. The van der Waals surface area contributed by atoms with E-state index in [0.717, 1.165) is 29.6 Å². The van der Waals surface area contributed by atoms with E-state index in [2.05, 4.69) is 33.4 Å². The number of pyridine rings is 1. The molecule has 2 atom stereocenters. The number of likely N-dealkylation sites (N-methyl/N-ethyl adjacent to an activating group) is 1. The van der Waals surface area contributed by atoms with Crippen molar-refractivity contribution < 1.29 is 0 Å². The number of imidazole rings is 1. The molecule has 5 heteroatoms. The zero-order valence-electron chi connectivity index (χ0n) is 12.3. The van der Waals surface area contributed by atoms with Gasteiger partial charge in [0.05, 0.1) is 5.38 Å². The molecule has 108 valence electrons. The number of fused-ring (bicyclic) bond motifs is 1. The first-order valence-electron chi connectivity index (χ1n) is 7.25. The van der Waals surface area contributed by atoms with Crippen molar-refractivity contribution in [3.63, 3.8) is 0 Å². The minimum Gasteiger partial charge on any atom is -0.310 e. The van der Waals surface area contributed by atoms with Crippen LogP contribution in [-0.2, 0) is 6.54 Å². The summed E-state index contributed by atoms with van der Waals surface area (Å²) in [7, 11) is 2.21. The third kappa shape index (κ3) is 2.54. The molecule has 0 saturated heterocycles. The number of rotatable bonds is 5. The molecule has 2 aromatic heterocycles. The topological polar surface area (TPSA) is 34.0 Å². The van der Waals surface area contributed by atoms with Gasteiger partial charge in [-0.3, -0.25) is 4.90 Å². The SMILES string of the molecule is CC(Cl)c1nc2cccnc2n1CC(C)N(C)C1CC1. The molecular weight excluding hydrogens is 272 g/mol. The average molecular weight is 293 g/mol. The molecule has 0 bridgehead atoms. The predicted molar refractivity (Wildman–Crippen MR) is 82.0 cm³/mol. The Morgan fingerprint density at radius 3 is 2.85 bits per heavy atom. The van der Waals surface area contributed by atoms with Gasteiger partial charge < -0.3 is 4.57 Å². The number of nitrogens with zero attached hydrogens (tertiary/aromatic N) is 4. The van der Waals surface area contributed by atoms with Gasteiger partial charge in [0.1, 0.15) is 11.3 Å². The van der Waals surface area contributed by atoms with Gasteiger partial charge in [-0.25, -0.2) is 9.97 Å². The number of hydrogen-bond donors (Lipinski definition) is 0. The molecule has 1 aliphatic carbocycles. The Morgan fingerprint density at radius 2 is 2.20 bits per heavy atom. The van der Waals surface area contributed by atoms with Gasteiger partial charge in [-0.2, -0.15) is 0 Å². The second kappa shape index (κ2) is 5.34. The summed E-state index contributed by atoms with van der Waals surface area (Å²) in [6.07, 6.45) is 4.46. The minimum absolute atomic E-state index is 0.109. The lowest BCUT2D eigenvalue weighted by molar-refractivity contribution is 0.225. The molecule has 1 aliphatic rings. The highest BCUT2D eigenvalue weighted by atomic mass is 35.5. The minimum atomic E-state index is -0.109. The van der Waals surface area contributed by atoms with Crippen LogP contribution in [0.15, 0.2) is 18.3 Å². The van der Waals surface area contributed by atoms with Gasteiger partial charge in [-0.15, -0.1) is 11.6 Å². The van der Waals surface area contributed by atoms with E-state index in [9.17, 15) is 0 Å². The number of halogens is 1. The molecule has 0 N–H and O–H groups in total. The maximum absolute atomic E-state index is 6.29. The van der Waals surface area contributed by atoms with E-state index in [1.165, 1.54) is 12.8 Å². The van der Waals surface area contributed by atoms with Crippen LogP contribution < -0.4 is 0 Å². The molecule has 0 radical (unpaired) electrons. The fourth-order valence-electron chi connectivity index (χ4n) is 2.69. The lowest BCUT2D eigenvalue weighted by Crippen LogP contribution is -2.35. The van der Waals surface area contributed by atoms with E-state index in [1.54, 1.807) is 0 Å². The van der Waals surface area contributed by atoms with Gasteiger partial charge in [-0.1, -0.05) is 0 Å². The fraction of sp³-hybridized carbons (Fsp3) is 0.600. The monoisotopic (exact) mass is 292 g/mol. The van der Waals surface area contributed by atoms with Crippen molar-refractivity contribution >= 4 is 22.8 Å². The third-order valence-electron chi connectivity index (χ3n) is 4.15. The van der Waals surface area contributed by atoms with Crippen LogP contribution in [0.1, 0.15) is 37.9 Å². The Hall–Kier alpha value is -1.13. The van der Waals surface area contributed by atoms with Crippen molar-refractivity contribution in [2.24, 2.45) is 0 Å². The second-order valence-electron chi connectivity index (χ2n) is 5.79. The van der Waals surface area contributed by atoms with Crippen molar-refractivity contribution in [1.82, 2.24) is 19.4 Å². The Kier molecular flexibility index (Phi) is 3.69. The molecule has 2 heterocycles. The molecule has 3 rings (SSSR count). The quantitative estimate of drug-likeness (QED) is 0.794. The smallest absolute Gasteiger partial charge is 0.160 e. The number of hydrogen-bond acceptors (Lipinski definition) is 3. The Labute approximate surface area is 124 Å². The standard InChI is InChI=1S/C15H21ClN4/c1-10(19(3)12-6-7-12)9-20-14(11(2)16)18-13-5-4-8-17-15(13)20/h4-5,8,10-12H,6-7,9H2,1-3H3. The van der Waals surface area contributed by atoms with E-state index < -0.39 is 0 Å². The van der Waals surface area contributed by atoms with Crippen LogP contribution in [0.25, 0.3) is 11.2 Å². The summed E-state index contributed by atoms with van der Waals surface area (Å²) in [5.41, 5.74) is 1.86. The number of alkyl halides is 1. The van der Waals surface area contributed by atoms with Gasteiger partial charge in [0.15, 0.2) is 5.65 Å². The molecular formula is C15H21ClN4. The molecule has 0 aromatic carbocycles. The summed E-state index contributed by atoms with van der Waals surface area (Å²) in [4.78, 5) is 11.6. The van der Waals surface area contributed by atoms with Gasteiger partial charge in [-0.05, 0) is 45.9 Å². The molecule has 4 nitrogen and oxygen atoms in total. The van der Waals surface area contributed by atoms with Crippen LogP contribution in [0.3, 0.4) is 0 Å². The highest BCUT2D eigenvalue weighted by Gasteiger charge is 2.30. The summed E-state index contributed by atoms with van der Waals surface area (Å²) >= 11 is 6.29. The van der Waals surface area contributed by atoms with E-state index in [0.29, 0.717) is 6.04 Å². The van der Waals surface area contributed by atoms with Crippen LogP contribution in [0.2, 0.25) is 0 Å². The molecule has 0 amide bonds. The first kappa shape index (κ1) is 13.8. The van der Waals surface area contributed by atoms with Crippen molar-refractivity contribution in [2.45, 2.75) is 50.7 Å². The van der Waals surface area contributed by atoms with Crippen molar-refractivity contribution in [1.29, 1.82) is 0 Å². The number of aromatic nitrogens is 3. The summed E-state index contributed by atoms with van der Waals surface area (Å²) < 4.78 is 2.18. The van der Waals surface area contributed by atoms with Gasteiger partial charge in [0.25, 0.3) is 0 Å². The molecule has 2 unspecified atom stereocenters. The third-order valence-corrected chi connectivity index (χ3v) is 4.35. The van der Waals surface area contributed by atoms with Gasteiger partial charge in [0.2, 0.25) is 0 Å². The van der Waals surface area contributed by atoms with E-state index in [1.807, 2.05) is 25.3 Å². The zero-order valence-corrected chi connectivity index (χ0v) is 13.0. The van der Waals surface area contributed by atoms with Crippen LogP contribution in [0, 0.1) is 0 Å². The highest BCUT2D eigenvalue weighted by Crippen LogP contribution is 2.29. The first-order chi connectivity index (χ1) is 9.58. The largest absolute Gasteiger partial charge is 0.310 e. The fourth-order valence-corrected chi connectivity index (χ4v) is 2.86. The normalized spacial score (nSPS) is 18.6. The molecule has 2 aromatic rings. The summed E-state index contributed by atoms with van der Waals surface area (Å²) in [6.45, 7) is 5.11.